The first-order valence-corrected chi connectivity index (χ1v) is 6.62. The van der Waals surface area contributed by atoms with Crippen molar-refractivity contribution in [3.05, 3.63) is 0 Å². The van der Waals surface area contributed by atoms with Crippen LogP contribution in [0.25, 0.3) is 0 Å². The van der Waals surface area contributed by atoms with E-state index in [2.05, 4.69) is 17.1 Å². The SMILES string of the molecule is CCN1CCN[C@H]2CS(=O)(=O)C[C@H]21. The molecule has 0 saturated carbocycles. The van der Waals surface area contributed by atoms with E-state index in [0.717, 1.165) is 19.6 Å². The minimum atomic E-state index is -2.78. The Kier molecular flexibility index (Phi) is 2.33. The molecule has 4 nitrogen and oxygen atoms in total. The van der Waals surface area contributed by atoms with E-state index in [1.54, 1.807) is 0 Å². The zero-order valence-corrected chi connectivity index (χ0v) is 8.68. The number of sulfone groups is 1. The van der Waals surface area contributed by atoms with Crippen LogP contribution in [0.2, 0.25) is 0 Å². The smallest absolute Gasteiger partial charge is 0.153 e. The number of nitrogens with zero attached hydrogens (tertiary/aromatic N) is 1. The predicted molar refractivity (Wildman–Crippen MR) is 51.5 cm³/mol. The summed E-state index contributed by atoms with van der Waals surface area (Å²) in [6, 6.07) is 0.405. The maximum atomic E-state index is 11.4. The molecule has 0 spiro atoms. The predicted octanol–water partition coefficient (Wildman–Crippen LogP) is -0.923. The maximum absolute atomic E-state index is 11.4. The van der Waals surface area contributed by atoms with Crippen LogP contribution in [-0.4, -0.2) is 56.5 Å². The first-order chi connectivity index (χ1) is 6.12. The van der Waals surface area contributed by atoms with Crippen LogP contribution >= 0.6 is 0 Å². The van der Waals surface area contributed by atoms with Gasteiger partial charge in [-0.3, -0.25) is 4.90 Å². The lowest BCUT2D eigenvalue weighted by Crippen LogP contribution is -2.57. The van der Waals surface area contributed by atoms with Crippen LogP contribution in [0.5, 0.6) is 0 Å². The minimum absolute atomic E-state index is 0.179. The number of likely N-dealkylation sites (N-methyl/N-ethyl adjacent to an activating group) is 1. The molecule has 13 heavy (non-hydrogen) atoms. The van der Waals surface area contributed by atoms with Gasteiger partial charge in [-0.1, -0.05) is 6.92 Å². The number of hydrogen-bond acceptors (Lipinski definition) is 4. The summed E-state index contributed by atoms with van der Waals surface area (Å²) in [5.41, 5.74) is 0. The van der Waals surface area contributed by atoms with Gasteiger partial charge in [-0.25, -0.2) is 8.42 Å². The van der Waals surface area contributed by atoms with Crippen molar-refractivity contribution < 1.29 is 8.42 Å². The summed E-state index contributed by atoms with van der Waals surface area (Å²) in [6.45, 7) is 4.95. The van der Waals surface area contributed by atoms with Crippen LogP contribution < -0.4 is 5.32 Å². The van der Waals surface area contributed by atoms with Gasteiger partial charge in [0.05, 0.1) is 11.5 Å². The molecule has 0 amide bonds. The lowest BCUT2D eigenvalue weighted by atomic mass is 10.1. The highest BCUT2D eigenvalue weighted by Gasteiger charge is 2.41. The molecule has 2 atom stereocenters. The molecule has 5 heteroatoms. The van der Waals surface area contributed by atoms with Gasteiger partial charge in [-0.15, -0.1) is 0 Å². The Morgan fingerprint density at radius 3 is 2.92 bits per heavy atom. The van der Waals surface area contributed by atoms with Gasteiger partial charge < -0.3 is 5.32 Å². The second-order valence-corrected chi connectivity index (χ2v) is 5.99. The third kappa shape index (κ3) is 1.73. The molecule has 0 unspecified atom stereocenters. The van der Waals surface area contributed by atoms with Crippen LogP contribution in [0.1, 0.15) is 6.92 Å². The van der Waals surface area contributed by atoms with Crippen LogP contribution in [0.3, 0.4) is 0 Å². The highest BCUT2D eigenvalue weighted by molar-refractivity contribution is 7.91. The first-order valence-electron chi connectivity index (χ1n) is 4.80. The van der Waals surface area contributed by atoms with E-state index in [9.17, 15) is 8.42 Å². The van der Waals surface area contributed by atoms with Gasteiger partial charge in [-0.2, -0.15) is 0 Å². The number of rotatable bonds is 1. The molecule has 2 fully saturated rings. The third-order valence-corrected chi connectivity index (χ3v) is 4.72. The summed E-state index contributed by atoms with van der Waals surface area (Å²) in [5, 5.41) is 3.28. The minimum Gasteiger partial charge on any atom is -0.310 e. The Morgan fingerprint density at radius 2 is 2.23 bits per heavy atom. The van der Waals surface area contributed by atoms with E-state index in [1.165, 1.54) is 0 Å². The average Bonchev–Trinajstić information content (AvgIpc) is 2.37. The molecule has 0 aliphatic carbocycles. The summed E-state index contributed by atoms with van der Waals surface area (Å²) in [4.78, 5) is 2.27. The van der Waals surface area contributed by atoms with Gasteiger partial charge in [-0.05, 0) is 6.54 Å². The Labute approximate surface area is 79.2 Å². The summed E-state index contributed by atoms with van der Waals surface area (Å²) < 4.78 is 22.8. The molecule has 2 saturated heterocycles. The van der Waals surface area contributed by atoms with Gasteiger partial charge in [0.25, 0.3) is 0 Å². The van der Waals surface area contributed by atoms with Gasteiger partial charge in [0.15, 0.2) is 9.84 Å². The van der Waals surface area contributed by atoms with Crippen molar-refractivity contribution in [1.29, 1.82) is 0 Å². The summed E-state index contributed by atoms with van der Waals surface area (Å²) in [7, 11) is -2.78. The van der Waals surface area contributed by atoms with Crippen molar-refractivity contribution in [3.63, 3.8) is 0 Å². The lowest BCUT2D eigenvalue weighted by Gasteiger charge is -2.36. The Bertz CT molecular complexity index is 289. The molecule has 0 aromatic heterocycles. The zero-order chi connectivity index (χ0) is 9.47. The molecule has 2 aliphatic rings. The second kappa shape index (κ2) is 3.22. The van der Waals surface area contributed by atoms with E-state index in [4.69, 9.17) is 0 Å². The van der Waals surface area contributed by atoms with Crippen LogP contribution in [0.15, 0.2) is 0 Å². The topological polar surface area (TPSA) is 49.4 Å². The van der Waals surface area contributed by atoms with E-state index in [-0.39, 0.29) is 12.1 Å². The fourth-order valence-electron chi connectivity index (χ4n) is 2.34. The molecule has 2 rings (SSSR count). The van der Waals surface area contributed by atoms with Crippen molar-refractivity contribution in [3.8, 4) is 0 Å². The maximum Gasteiger partial charge on any atom is 0.153 e. The molecule has 0 bridgehead atoms. The standard InChI is InChI=1S/C8H16N2O2S/c1-2-10-4-3-9-7-5-13(11,12)6-8(7)10/h7-9H,2-6H2,1H3/t7-,8+/m0/s1. The van der Waals surface area contributed by atoms with Crippen molar-refractivity contribution >= 4 is 9.84 Å². The highest BCUT2D eigenvalue weighted by atomic mass is 32.2. The summed E-state index contributed by atoms with van der Waals surface area (Å²) >= 11 is 0. The monoisotopic (exact) mass is 204 g/mol. The van der Waals surface area contributed by atoms with Crippen LogP contribution in [0.4, 0.5) is 0 Å². The Morgan fingerprint density at radius 1 is 1.46 bits per heavy atom. The quantitative estimate of drug-likeness (QED) is 0.600. The number of piperazine rings is 1. The van der Waals surface area contributed by atoms with E-state index < -0.39 is 9.84 Å². The van der Waals surface area contributed by atoms with E-state index in [1.807, 2.05) is 0 Å². The van der Waals surface area contributed by atoms with Crippen LogP contribution in [-0.2, 0) is 9.84 Å². The summed E-state index contributed by atoms with van der Waals surface area (Å²) in [6.07, 6.45) is 0. The third-order valence-electron chi connectivity index (χ3n) is 3.00. The fraction of sp³-hybridized carbons (Fsp3) is 1.00. The number of hydrogen-bond donors (Lipinski definition) is 1. The largest absolute Gasteiger partial charge is 0.310 e. The molecule has 0 aromatic carbocycles. The van der Waals surface area contributed by atoms with Crippen molar-refractivity contribution in [1.82, 2.24) is 10.2 Å². The molecule has 1 N–H and O–H groups in total. The highest BCUT2D eigenvalue weighted by Crippen LogP contribution is 2.20. The van der Waals surface area contributed by atoms with Gasteiger partial charge in [0.2, 0.25) is 0 Å². The molecule has 2 heterocycles. The molecule has 0 aromatic rings. The number of fused-ring (bicyclic) bond motifs is 1. The van der Waals surface area contributed by atoms with Gasteiger partial charge in [0.1, 0.15) is 0 Å². The number of nitrogens with one attached hydrogen (secondary N) is 1. The molecular formula is C8H16N2O2S. The normalized spacial score (nSPS) is 38.8. The Hall–Kier alpha value is -0.130. The van der Waals surface area contributed by atoms with E-state index >= 15 is 0 Å². The van der Waals surface area contributed by atoms with Gasteiger partial charge in [0, 0.05) is 25.2 Å². The molecular weight excluding hydrogens is 188 g/mol. The van der Waals surface area contributed by atoms with Crippen molar-refractivity contribution in [2.24, 2.45) is 0 Å². The van der Waals surface area contributed by atoms with Crippen LogP contribution in [0, 0.1) is 0 Å². The Balaban J connectivity index is 2.17. The van der Waals surface area contributed by atoms with E-state index in [0.29, 0.717) is 11.5 Å². The van der Waals surface area contributed by atoms with Crippen molar-refractivity contribution in [2.45, 2.75) is 19.0 Å². The first kappa shape index (κ1) is 9.43. The van der Waals surface area contributed by atoms with Crippen molar-refractivity contribution in [2.75, 3.05) is 31.1 Å². The average molecular weight is 204 g/mol. The fourth-order valence-corrected chi connectivity index (χ4v) is 4.32. The molecule has 0 radical (unpaired) electrons. The molecule has 2 aliphatic heterocycles. The molecule has 76 valence electrons. The lowest BCUT2D eigenvalue weighted by molar-refractivity contribution is 0.157. The van der Waals surface area contributed by atoms with Gasteiger partial charge >= 0.3 is 0 Å². The summed E-state index contributed by atoms with van der Waals surface area (Å²) in [5.74, 6) is 0.673. The zero-order valence-electron chi connectivity index (χ0n) is 7.86. The second-order valence-electron chi connectivity index (χ2n) is 3.83.